The van der Waals surface area contributed by atoms with E-state index in [-0.39, 0.29) is 23.6 Å². The van der Waals surface area contributed by atoms with Gasteiger partial charge < -0.3 is 15.1 Å². The summed E-state index contributed by atoms with van der Waals surface area (Å²) >= 11 is 0. The van der Waals surface area contributed by atoms with Crippen LogP contribution >= 0.6 is 0 Å². The van der Waals surface area contributed by atoms with Gasteiger partial charge in [0, 0.05) is 19.7 Å². The van der Waals surface area contributed by atoms with Crippen molar-refractivity contribution in [2.75, 3.05) is 19.7 Å². The van der Waals surface area contributed by atoms with E-state index in [0.29, 0.717) is 30.6 Å². The van der Waals surface area contributed by atoms with E-state index in [1.54, 1.807) is 30.9 Å². The van der Waals surface area contributed by atoms with E-state index < -0.39 is 5.97 Å². The Morgan fingerprint density at radius 2 is 1.70 bits per heavy atom. The van der Waals surface area contributed by atoms with Crippen LogP contribution in [0.2, 0.25) is 0 Å². The predicted octanol–water partition coefficient (Wildman–Crippen LogP) is 1.85. The lowest BCUT2D eigenvalue weighted by atomic mass is 9.96. The Hall–Kier alpha value is -1.88. The average molecular weight is 279 g/mol. The largest absolute Gasteiger partial charge is 0.478 e. The summed E-state index contributed by atoms with van der Waals surface area (Å²) in [5, 5.41) is 18.2. The molecule has 1 amide bonds. The van der Waals surface area contributed by atoms with E-state index in [1.165, 1.54) is 0 Å². The Balaban J connectivity index is 3.26. The van der Waals surface area contributed by atoms with Crippen LogP contribution in [0.15, 0.2) is 12.1 Å². The number of carboxylic acid groups (broad SMARTS) is 1. The van der Waals surface area contributed by atoms with Crippen LogP contribution in [-0.2, 0) is 0 Å². The summed E-state index contributed by atoms with van der Waals surface area (Å²) in [7, 11) is 0. The van der Waals surface area contributed by atoms with Crippen LogP contribution in [0.1, 0.15) is 45.2 Å². The highest BCUT2D eigenvalue weighted by Crippen LogP contribution is 2.21. The van der Waals surface area contributed by atoms with E-state index in [1.807, 2.05) is 6.92 Å². The van der Waals surface area contributed by atoms with E-state index in [9.17, 15) is 14.7 Å². The van der Waals surface area contributed by atoms with Crippen molar-refractivity contribution in [3.8, 4) is 0 Å². The van der Waals surface area contributed by atoms with Crippen LogP contribution < -0.4 is 0 Å². The standard InChI is InChI=1S/C15H21NO4/c1-4-16(8-5-9-17)14(18)12-10(2)6-7-11(3)13(12)15(19)20/h6-7,17H,4-5,8-9H2,1-3H3,(H,19,20). The van der Waals surface area contributed by atoms with Crippen molar-refractivity contribution in [3.63, 3.8) is 0 Å². The van der Waals surface area contributed by atoms with Gasteiger partial charge in [-0.05, 0) is 38.3 Å². The molecule has 2 N–H and O–H groups in total. The molecule has 0 aliphatic heterocycles. The fourth-order valence-corrected chi connectivity index (χ4v) is 2.19. The third-order valence-electron chi connectivity index (χ3n) is 3.30. The second kappa shape index (κ2) is 7.05. The normalized spacial score (nSPS) is 10.4. The molecule has 1 aromatic rings. The van der Waals surface area contributed by atoms with Gasteiger partial charge in [0.1, 0.15) is 0 Å². The number of aliphatic hydroxyl groups is 1. The molecule has 5 nitrogen and oxygen atoms in total. The summed E-state index contributed by atoms with van der Waals surface area (Å²) in [5.74, 6) is -1.38. The molecule has 5 heteroatoms. The maximum Gasteiger partial charge on any atom is 0.336 e. The summed E-state index contributed by atoms with van der Waals surface area (Å²) in [4.78, 5) is 25.5. The molecule has 0 aliphatic carbocycles. The van der Waals surface area contributed by atoms with Gasteiger partial charge in [-0.3, -0.25) is 4.79 Å². The first kappa shape index (κ1) is 16.2. The Kier molecular flexibility index (Phi) is 5.70. The molecule has 0 heterocycles. The number of carbonyl (C=O) groups excluding carboxylic acids is 1. The van der Waals surface area contributed by atoms with Crippen LogP contribution in [0.25, 0.3) is 0 Å². The third-order valence-corrected chi connectivity index (χ3v) is 3.30. The number of benzene rings is 1. The van der Waals surface area contributed by atoms with Gasteiger partial charge in [0.25, 0.3) is 5.91 Å². The number of carboxylic acids is 1. The summed E-state index contributed by atoms with van der Waals surface area (Å²) in [6.07, 6.45) is 0.479. The number of hydrogen-bond donors (Lipinski definition) is 2. The van der Waals surface area contributed by atoms with Crippen LogP contribution in [-0.4, -0.2) is 46.7 Å². The van der Waals surface area contributed by atoms with E-state index in [0.717, 1.165) is 0 Å². The molecule has 0 fully saturated rings. The summed E-state index contributed by atoms with van der Waals surface area (Å²) in [6.45, 7) is 6.15. The summed E-state index contributed by atoms with van der Waals surface area (Å²) in [6, 6.07) is 3.47. The minimum absolute atomic E-state index is 0.00235. The van der Waals surface area contributed by atoms with Crippen molar-refractivity contribution in [2.45, 2.75) is 27.2 Å². The average Bonchev–Trinajstić information content (AvgIpc) is 2.41. The van der Waals surface area contributed by atoms with Crippen LogP contribution in [0.3, 0.4) is 0 Å². The molecule has 0 atom stereocenters. The van der Waals surface area contributed by atoms with Gasteiger partial charge in [-0.2, -0.15) is 0 Å². The number of amides is 1. The summed E-state index contributed by atoms with van der Waals surface area (Å²) in [5.41, 5.74) is 1.54. The molecule has 0 saturated carbocycles. The zero-order chi connectivity index (χ0) is 15.3. The maximum absolute atomic E-state index is 12.6. The van der Waals surface area contributed by atoms with E-state index in [2.05, 4.69) is 0 Å². The van der Waals surface area contributed by atoms with Crippen molar-refractivity contribution in [1.29, 1.82) is 0 Å². The van der Waals surface area contributed by atoms with Gasteiger partial charge in [0.2, 0.25) is 0 Å². The lowest BCUT2D eigenvalue weighted by Crippen LogP contribution is -2.34. The molecule has 20 heavy (non-hydrogen) atoms. The zero-order valence-electron chi connectivity index (χ0n) is 12.1. The first-order valence-electron chi connectivity index (χ1n) is 6.67. The fourth-order valence-electron chi connectivity index (χ4n) is 2.19. The zero-order valence-corrected chi connectivity index (χ0v) is 12.1. The van der Waals surface area contributed by atoms with Crippen LogP contribution in [0, 0.1) is 13.8 Å². The van der Waals surface area contributed by atoms with Crippen molar-refractivity contribution in [1.82, 2.24) is 4.90 Å². The molecule has 1 rings (SSSR count). The molecule has 0 aliphatic rings. The SMILES string of the molecule is CCN(CCCO)C(=O)c1c(C)ccc(C)c1C(=O)O. The molecule has 0 spiro atoms. The van der Waals surface area contributed by atoms with Gasteiger partial charge in [-0.15, -0.1) is 0 Å². The van der Waals surface area contributed by atoms with Crippen molar-refractivity contribution in [2.24, 2.45) is 0 Å². The first-order valence-corrected chi connectivity index (χ1v) is 6.67. The topological polar surface area (TPSA) is 77.8 Å². The number of aromatic carboxylic acids is 1. The molecule has 0 aromatic heterocycles. The number of aliphatic hydroxyl groups excluding tert-OH is 1. The Labute approximate surface area is 118 Å². The highest BCUT2D eigenvalue weighted by atomic mass is 16.4. The fraction of sp³-hybridized carbons (Fsp3) is 0.467. The molecule has 0 radical (unpaired) electrons. The third kappa shape index (κ3) is 3.36. The second-order valence-electron chi connectivity index (χ2n) is 4.72. The number of rotatable bonds is 6. The Morgan fingerprint density at radius 3 is 2.15 bits per heavy atom. The number of hydrogen-bond acceptors (Lipinski definition) is 3. The highest BCUT2D eigenvalue weighted by Gasteiger charge is 2.24. The van der Waals surface area contributed by atoms with Gasteiger partial charge in [0.05, 0.1) is 11.1 Å². The Bertz CT molecular complexity index is 511. The maximum atomic E-state index is 12.6. The number of nitrogens with zero attached hydrogens (tertiary/aromatic N) is 1. The Morgan fingerprint density at radius 1 is 1.15 bits per heavy atom. The number of carbonyl (C=O) groups is 2. The first-order chi connectivity index (χ1) is 9.43. The van der Waals surface area contributed by atoms with Gasteiger partial charge in [0.15, 0.2) is 0 Å². The highest BCUT2D eigenvalue weighted by molar-refractivity contribution is 6.06. The predicted molar refractivity (Wildman–Crippen MR) is 76.2 cm³/mol. The molecule has 0 bridgehead atoms. The molecule has 0 unspecified atom stereocenters. The van der Waals surface area contributed by atoms with Gasteiger partial charge in [-0.1, -0.05) is 12.1 Å². The van der Waals surface area contributed by atoms with Gasteiger partial charge >= 0.3 is 5.97 Å². The molecular weight excluding hydrogens is 258 g/mol. The quantitative estimate of drug-likeness (QED) is 0.833. The smallest absolute Gasteiger partial charge is 0.336 e. The monoisotopic (exact) mass is 279 g/mol. The van der Waals surface area contributed by atoms with Gasteiger partial charge in [-0.25, -0.2) is 4.79 Å². The molecule has 0 saturated heterocycles. The second-order valence-corrected chi connectivity index (χ2v) is 4.72. The van der Waals surface area contributed by atoms with E-state index in [4.69, 9.17) is 5.11 Å². The molecular formula is C15H21NO4. The summed E-state index contributed by atoms with van der Waals surface area (Å²) < 4.78 is 0. The minimum Gasteiger partial charge on any atom is -0.478 e. The molecule has 1 aromatic carbocycles. The van der Waals surface area contributed by atoms with Crippen molar-refractivity contribution < 1.29 is 19.8 Å². The van der Waals surface area contributed by atoms with Crippen LogP contribution in [0.5, 0.6) is 0 Å². The van der Waals surface area contributed by atoms with Crippen molar-refractivity contribution in [3.05, 3.63) is 34.4 Å². The minimum atomic E-state index is -1.09. The lowest BCUT2D eigenvalue weighted by Gasteiger charge is -2.23. The van der Waals surface area contributed by atoms with Crippen LogP contribution in [0.4, 0.5) is 0 Å². The number of aryl methyl sites for hydroxylation is 2. The van der Waals surface area contributed by atoms with E-state index >= 15 is 0 Å². The lowest BCUT2D eigenvalue weighted by molar-refractivity contribution is 0.0673. The molecule has 110 valence electrons. The van der Waals surface area contributed by atoms with Crippen molar-refractivity contribution >= 4 is 11.9 Å².